The van der Waals surface area contributed by atoms with Gasteiger partial charge in [-0.05, 0) is 60.7 Å². The van der Waals surface area contributed by atoms with E-state index in [0.29, 0.717) is 24.1 Å². The monoisotopic (exact) mass is 480 g/mol. The van der Waals surface area contributed by atoms with Crippen molar-refractivity contribution in [2.75, 3.05) is 6.61 Å². The first-order chi connectivity index (χ1) is 15.3. The molecule has 2 aromatic rings. The number of hydrogen-bond acceptors (Lipinski definition) is 2. The maximum Gasteiger partial charge on any atom is 0.416 e. The van der Waals surface area contributed by atoms with Crippen LogP contribution in [0.5, 0.6) is 0 Å². The number of halogens is 8. The van der Waals surface area contributed by atoms with Gasteiger partial charge in [0.25, 0.3) is 0 Å². The van der Waals surface area contributed by atoms with Crippen LogP contribution in [0.4, 0.5) is 35.1 Å². The fourth-order valence-electron chi connectivity index (χ4n) is 3.81. The van der Waals surface area contributed by atoms with E-state index in [1.807, 2.05) is 0 Å². The van der Waals surface area contributed by atoms with Crippen LogP contribution >= 0.6 is 0 Å². The fourth-order valence-corrected chi connectivity index (χ4v) is 3.81. The highest BCUT2D eigenvalue weighted by Gasteiger charge is 2.39. The topological polar surface area (TPSA) is 18.5 Å². The van der Waals surface area contributed by atoms with Crippen LogP contribution in [-0.4, -0.2) is 12.9 Å². The van der Waals surface area contributed by atoms with Crippen LogP contribution in [0.2, 0.25) is 0 Å². The van der Waals surface area contributed by atoms with E-state index < -0.39 is 53.4 Å². The summed E-state index contributed by atoms with van der Waals surface area (Å²) in [6.45, 7) is 5.18. The molecule has 2 aromatic carbocycles. The van der Waals surface area contributed by atoms with E-state index in [1.54, 1.807) is 6.08 Å². The van der Waals surface area contributed by atoms with Crippen LogP contribution in [0.3, 0.4) is 0 Å². The van der Waals surface area contributed by atoms with E-state index in [9.17, 15) is 35.1 Å². The van der Waals surface area contributed by atoms with Crippen LogP contribution in [0, 0.1) is 17.6 Å². The summed E-state index contributed by atoms with van der Waals surface area (Å²) in [4.78, 5) is 0. The second-order valence-electron chi connectivity index (χ2n) is 7.74. The highest BCUT2D eigenvalue weighted by molar-refractivity contribution is 5.35. The van der Waals surface area contributed by atoms with Gasteiger partial charge in [0.2, 0.25) is 0 Å². The molecule has 0 bridgehead atoms. The number of allylic oxidation sites excluding steroid dienone is 1. The first-order valence-corrected chi connectivity index (χ1v) is 9.95. The summed E-state index contributed by atoms with van der Waals surface area (Å²) >= 11 is 0. The number of hydrogen-bond donors (Lipinski definition) is 0. The third-order valence-corrected chi connectivity index (χ3v) is 5.54. The average molecular weight is 480 g/mol. The summed E-state index contributed by atoms with van der Waals surface area (Å²) in [6, 6.07) is 4.40. The van der Waals surface area contributed by atoms with Gasteiger partial charge in [-0.1, -0.05) is 12.1 Å². The zero-order valence-corrected chi connectivity index (χ0v) is 17.3. The van der Waals surface area contributed by atoms with E-state index >= 15 is 0 Å². The molecular formula is C23H20F8O2. The SMILES string of the molecule is C=C[C@@H]1CCO[C@H](O[C@H](C)c2cc(C(F)(F)F)cc(C(F)(F)F)c2)[C@H]1c1ccc(F)c(F)c1. The summed E-state index contributed by atoms with van der Waals surface area (Å²) < 4.78 is 118. The van der Waals surface area contributed by atoms with E-state index in [1.165, 1.54) is 13.0 Å². The van der Waals surface area contributed by atoms with Crippen molar-refractivity contribution >= 4 is 0 Å². The third-order valence-electron chi connectivity index (χ3n) is 5.54. The van der Waals surface area contributed by atoms with Crippen molar-refractivity contribution in [3.8, 4) is 0 Å². The standard InChI is InChI=1S/C23H20F8O2/c1-3-13-6-7-32-21(20(13)14-4-5-18(24)19(25)10-14)33-12(2)15-8-16(22(26,27)28)11-17(9-15)23(29,30)31/h3-5,8-13,20-21H,1,6-7H2,2H3/t12-,13-,20-,21-/m1/s1. The number of rotatable bonds is 5. The summed E-state index contributed by atoms with van der Waals surface area (Å²) in [5, 5.41) is 0. The van der Waals surface area contributed by atoms with Gasteiger partial charge in [0, 0.05) is 5.92 Å². The lowest BCUT2D eigenvalue weighted by Gasteiger charge is -2.38. The van der Waals surface area contributed by atoms with Crippen molar-refractivity contribution in [3.63, 3.8) is 0 Å². The molecule has 2 nitrogen and oxygen atoms in total. The van der Waals surface area contributed by atoms with Crippen LogP contribution in [0.15, 0.2) is 49.1 Å². The quantitative estimate of drug-likeness (QED) is 0.328. The molecule has 180 valence electrons. The second kappa shape index (κ2) is 9.42. The summed E-state index contributed by atoms with van der Waals surface area (Å²) in [5.74, 6) is -3.20. The molecule has 0 unspecified atom stereocenters. The lowest BCUT2D eigenvalue weighted by atomic mass is 9.81. The van der Waals surface area contributed by atoms with Crippen molar-refractivity contribution in [2.45, 2.75) is 44.0 Å². The highest BCUT2D eigenvalue weighted by atomic mass is 19.4. The first-order valence-electron chi connectivity index (χ1n) is 9.95. The molecule has 10 heteroatoms. The van der Waals surface area contributed by atoms with Crippen LogP contribution in [0.1, 0.15) is 47.6 Å². The van der Waals surface area contributed by atoms with Crippen molar-refractivity contribution in [3.05, 3.63) is 82.9 Å². The normalized spacial score (nSPS) is 22.8. The Morgan fingerprint density at radius 2 is 1.58 bits per heavy atom. The molecule has 0 spiro atoms. The Hall–Kier alpha value is -2.46. The van der Waals surface area contributed by atoms with Gasteiger partial charge in [0.15, 0.2) is 17.9 Å². The minimum Gasteiger partial charge on any atom is -0.352 e. The molecule has 1 fully saturated rings. The van der Waals surface area contributed by atoms with Crippen LogP contribution in [0.25, 0.3) is 0 Å². The lowest BCUT2D eigenvalue weighted by molar-refractivity contribution is -0.205. The molecule has 0 amide bonds. The lowest BCUT2D eigenvalue weighted by Crippen LogP contribution is -2.36. The molecule has 1 heterocycles. The van der Waals surface area contributed by atoms with Crippen molar-refractivity contribution in [1.82, 2.24) is 0 Å². The van der Waals surface area contributed by atoms with Crippen molar-refractivity contribution < 1.29 is 44.6 Å². The van der Waals surface area contributed by atoms with Gasteiger partial charge in [-0.3, -0.25) is 0 Å². The smallest absolute Gasteiger partial charge is 0.352 e. The average Bonchev–Trinajstić information content (AvgIpc) is 2.74. The summed E-state index contributed by atoms with van der Waals surface area (Å²) in [7, 11) is 0. The van der Waals surface area contributed by atoms with E-state index in [0.717, 1.165) is 12.1 Å². The van der Waals surface area contributed by atoms with Gasteiger partial charge in [-0.2, -0.15) is 26.3 Å². The summed E-state index contributed by atoms with van der Waals surface area (Å²) in [6.07, 6.45) is -10.4. The Balaban J connectivity index is 1.96. The van der Waals surface area contributed by atoms with E-state index in [4.69, 9.17) is 9.47 Å². The third kappa shape index (κ3) is 5.73. The molecule has 1 aliphatic rings. The van der Waals surface area contributed by atoms with Gasteiger partial charge in [0.1, 0.15) is 0 Å². The number of alkyl halides is 6. The Kier molecular flexibility index (Phi) is 7.18. The molecule has 33 heavy (non-hydrogen) atoms. The summed E-state index contributed by atoms with van der Waals surface area (Å²) in [5.41, 5.74) is -2.98. The maximum atomic E-state index is 13.8. The van der Waals surface area contributed by atoms with Crippen LogP contribution < -0.4 is 0 Å². The van der Waals surface area contributed by atoms with Gasteiger partial charge >= 0.3 is 12.4 Å². The van der Waals surface area contributed by atoms with Crippen LogP contribution in [-0.2, 0) is 21.8 Å². The van der Waals surface area contributed by atoms with Crippen molar-refractivity contribution in [2.24, 2.45) is 5.92 Å². The molecule has 0 aromatic heterocycles. The molecular weight excluding hydrogens is 460 g/mol. The highest BCUT2D eigenvalue weighted by Crippen LogP contribution is 2.41. The minimum atomic E-state index is -5.00. The molecule has 4 atom stereocenters. The fraction of sp³-hybridized carbons (Fsp3) is 0.391. The predicted molar refractivity (Wildman–Crippen MR) is 103 cm³/mol. The van der Waals surface area contributed by atoms with Crippen molar-refractivity contribution in [1.29, 1.82) is 0 Å². The largest absolute Gasteiger partial charge is 0.416 e. The van der Waals surface area contributed by atoms with Gasteiger partial charge < -0.3 is 9.47 Å². The minimum absolute atomic E-state index is 0.0329. The first kappa shape index (κ1) is 25.2. The molecule has 0 saturated carbocycles. The predicted octanol–water partition coefficient (Wildman–Crippen LogP) is 7.41. The van der Waals surface area contributed by atoms with Gasteiger partial charge in [-0.25, -0.2) is 8.78 Å². The molecule has 3 rings (SSSR count). The molecule has 0 aliphatic carbocycles. The molecule has 1 saturated heterocycles. The molecule has 0 radical (unpaired) electrons. The Labute approximate surface area is 184 Å². The molecule has 0 N–H and O–H groups in total. The maximum absolute atomic E-state index is 13.8. The Morgan fingerprint density at radius 3 is 2.09 bits per heavy atom. The Morgan fingerprint density at radius 1 is 0.970 bits per heavy atom. The van der Waals surface area contributed by atoms with Gasteiger partial charge in [-0.15, -0.1) is 6.58 Å². The zero-order valence-electron chi connectivity index (χ0n) is 17.3. The van der Waals surface area contributed by atoms with Gasteiger partial charge in [0.05, 0.1) is 23.8 Å². The number of ether oxygens (including phenoxy) is 2. The number of benzene rings is 2. The van der Waals surface area contributed by atoms with E-state index in [-0.39, 0.29) is 24.2 Å². The molecule has 1 aliphatic heterocycles. The van der Waals surface area contributed by atoms with E-state index in [2.05, 4.69) is 6.58 Å². The zero-order chi connectivity index (χ0) is 24.6. The second-order valence-corrected chi connectivity index (χ2v) is 7.74. The Bertz CT molecular complexity index is 967.